The van der Waals surface area contributed by atoms with Gasteiger partial charge in [0.2, 0.25) is 0 Å². The van der Waals surface area contributed by atoms with Crippen LogP contribution in [0, 0.1) is 0 Å². The maximum Gasteiger partial charge on any atom is 0.106 e. The van der Waals surface area contributed by atoms with Gasteiger partial charge in [-0.05, 0) is 0 Å². The molecule has 0 aliphatic rings. The average molecular weight is 486 g/mol. The molecular formula is C10H20O10Re. The Labute approximate surface area is 136 Å². The molecule has 0 unspecified atom stereocenters. The van der Waals surface area contributed by atoms with Crippen molar-refractivity contribution >= 4 is 67.9 Å². The predicted molar refractivity (Wildman–Crippen MR) is 71.2 cm³/mol. The topological polar surface area (TPSA) is 171 Å². The molecular weight excluding hydrogens is 466 g/mol. The molecule has 0 aliphatic carbocycles. The first-order valence-corrected chi connectivity index (χ1v) is 2.89. The van der Waals surface area contributed by atoms with E-state index in [4.69, 9.17) is 47.9 Å². The van der Waals surface area contributed by atoms with Crippen molar-refractivity contribution in [3.8, 4) is 0 Å². The molecule has 0 heterocycles. The van der Waals surface area contributed by atoms with Crippen molar-refractivity contribution in [1.29, 1.82) is 0 Å². The first-order valence-electron chi connectivity index (χ1n) is 2.89. The molecule has 1 radical (unpaired) electrons. The van der Waals surface area contributed by atoms with Gasteiger partial charge in [-0.25, -0.2) is 0 Å². The Bertz CT molecular complexity index is 59.0. The van der Waals surface area contributed by atoms with Crippen molar-refractivity contribution in [2.75, 3.05) is 0 Å². The zero-order chi connectivity index (χ0) is 20.0. The van der Waals surface area contributed by atoms with Gasteiger partial charge < -0.3 is 47.9 Å². The molecule has 11 heteroatoms. The van der Waals surface area contributed by atoms with E-state index in [9.17, 15) is 0 Å². The van der Waals surface area contributed by atoms with Gasteiger partial charge in [0.05, 0.1) is 0 Å². The molecule has 127 valence electrons. The van der Waals surface area contributed by atoms with Crippen molar-refractivity contribution in [2.45, 2.75) is 0 Å². The van der Waals surface area contributed by atoms with Crippen molar-refractivity contribution < 1.29 is 68.4 Å². The molecule has 0 aromatic rings. The minimum Gasteiger partial charge on any atom is -0.307 e. The third-order valence-electron chi connectivity index (χ3n) is 0. The third kappa shape index (κ3) is 589. The summed E-state index contributed by atoms with van der Waals surface area (Å²) < 4.78 is 0. The Hall–Kier alpha value is -2.64. The fourth-order valence-electron chi connectivity index (χ4n) is 0. The monoisotopic (exact) mass is 487 g/mol. The smallest absolute Gasteiger partial charge is 0.106 e. The predicted octanol–water partition coefficient (Wildman–Crippen LogP) is -1.85. The normalized spacial score (nSPS) is 1.90. The maximum absolute atomic E-state index is 8.00. The summed E-state index contributed by atoms with van der Waals surface area (Å²) in [7, 11) is 0. The molecule has 0 rings (SSSR count). The number of hydrogen-bond acceptors (Lipinski definition) is 10. The Kier molecular flexibility index (Phi) is 3250. The molecule has 0 N–H and O–H groups in total. The minimum absolute atomic E-state index is 0. The summed E-state index contributed by atoms with van der Waals surface area (Å²) in [6.07, 6.45) is 0. The molecule has 0 amide bonds. The summed E-state index contributed by atoms with van der Waals surface area (Å²) in [5, 5.41) is 0. The van der Waals surface area contributed by atoms with E-state index in [0.29, 0.717) is 0 Å². The molecule has 0 atom stereocenters. The molecule has 0 fully saturated rings. The Morgan fingerprint density at radius 1 is 0.190 bits per heavy atom. The second-order valence-electron chi connectivity index (χ2n) is 0. The van der Waals surface area contributed by atoms with E-state index in [1.54, 1.807) is 0 Å². The van der Waals surface area contributed by atoms with Crippen LogP contribution in [0.2, 0.25) is 0 Å². The van der Waals surface area contributed by atoms with E-state index in [1.165, 1.54) is 0 Å². The van der Waals surface area contributed by atoms with Crippen LogP contribution in [0.5, 0.6) is 0 Å². The van der Waals surface area contributed by atoms with E-state index in [0.717, 1.165) is 0 Å². The molecule has 0 bridgehead atoms. The van der Waals surface area contributed by atoms with Crippen molar-refractivity contribution in [2.24, 2.45) is 0 Å². The summed E-state index contributed by atoms with van der Waals surface area (Å²) in [5.41, 5.74) is 0. The third-order valence-corrected chi connectivity index (χ3v) is 0. The van der Waals surface area contributed by atoms with Crippen LogP contribution in [0.15, 0.2) is 0 Å². The summed E-state index contributed by atoms with van der Waals surface area (Å²) in [4.78, 5) is 80.0. The number of carbonyl (C=O) groups is 10. The zero-order valence-electron chi connectivity index (χ0n) is 11.5. The fraction of sp³-hybridized carbons (Fsp3) is 0. The van der Waals surface area contributed by atoms with E-state index < -0.39 is 0 Å². The van der Waals surface area contributed by atoms with E-state index in [2.05, 4.69) is 0 Å². The van der Waals surface area contributed by atoms with Gasteiger partial charge in [-0.3, -0.25) is 0 Å². The minimum atomic E-state index is 0. The van der Waals surface area contributed by atoms with Gasteiger partial charge in [0.25, 0.3) is 0 Å². The second kappa shape index (κ2) is 668. The summed E-state index contributed by atoms with van der Waals surface area (Å²) in [6.45, 7) is 20.0. The van der Waals surface area contributed by atoms with Crippen LogP contribution in [0.1, 0.15) is 0 Å². The van der Waals surface area contributed by atoms with Crippen LogP contribution >= 0.6 is 0 Å². The summed E-state index contributed by atoms with van der Waals surface area (Å²) in [6, 6.07) is 0. The quantitative estimate of drug-likeness (QED) is 0.378. The van der Waals surface area contributed by atoms with Gasteiger partial charge in [-0.2, -0.15) is 0 Å². The van der Waals surface area contributed by atoms with Gasteiger partial charge in [-0.1, -0.05) is 0 Å². The van der Waals surface area contributed by atoms with E-state index in [1.807, 2.05) is 67.9 Å². The van der Waals surface area contributed by atoms with Crippen LogP contribution in [0.25, 0.3) is 0 Å². The number of carbonyl (C=O) groups excluding carboxylic acids is 10. The van der Waals surface area contributed by atoms with Crippen molar-refractivity contribution in [1.82, 2.24) is 0 Å². The van der Waals surface area contributed by atoms with Gasteiger partial charge in [0, 0.05) is 20.4 Å². The van der Waals surface area contributed by atoms with Crippen LogP contribution in [-0.4, -0.2) is 67.9 Å². The molecule has 0 aromatic heterocycles. The van der Waals surface area contributed by atoms with Gasteiger partial charge >= 0.3 is 0 Å². The van der Waals surface area contributed by atoms with Gasteiger partial charge in [-0.15, -0.1) is 0 Å². The fourth-order valence-corrected chi connectivity index (χ4v) is 0. The van der Waals surface area contributed by atoms with E-state index in [-0.39, 0.29) is 20.4 Å². The molecule has 21 heavy (non-hydrogen) atoms. The average Bonchev–Trinajstić information content (AvgIpc) is 2.71. The molecule has 10 nitrogen and oxygen atoms in total. The Balaban J connectivity index is -0.00000000585. The first-order chi connectivity index (χ1) is 10.0. The van der Waals surface area contributed by atoms with Crippen LogP contribution in [0.4, 0.5) is 0 Å². The SMILES string of the molecule is C=O.C=O.C=O.C=O.C=O.C=O.C=O.C=O.C=O.C=O.[Re]. The molecule has 0 aliphatic heterocycles. The molecule has 0 saturated heterocycles. The Morgan fingerprint density at radius 2 is 0.190 bits per heavy atom. The standard InChI is InChI=1S/10CH2O.Re/c10*1-2;/h10*1H2;. The molecule has 0 spiro atoms. The first kappa shape index (κ1) is 102. The van der Waals surface area contributed by atoms with Crippen LogP contribution in [-0.2, 0) is 68.4 Å². The molecule has 0 saturated carbocycles. The molecule has 0 aromatic carbocycles. The van der Waals surface area contributed by atoms with Crippen molar-refractivity contribution in [3.05, 3.63) is 0 Å². The van der Waals surface area contributed by atoms with Crippen molar-refractivity contribution in [3.63, 3.8) is 0 Å². The van der Waals surface area contributed by atoms with Gasteiger partial charge in [0.1, 0.15) is 67.9 Å². The summed E-state index contributed by atoms with van der Waals surface area (Å²) in [5.74, 6) is 0. The summed E-state index contributed by atoms with van der Waals surface area (Å²) >= 11 is 0. The zero-order valence-corrected chi connectivity index (χ0v) is 14.2. The van der Waals surface area contributed by atoms with E-state index >= 15 is 0 Å². The largest absolute Gasteiger partial charge is 0.307 e. The Morgan fingerprint density at radius 3 is 0.190 bits per heavy atom. The van der Waals surface area contributed by atoms with Gasteiger partial charge in [0.15, 0.2) is 0 Å². The number of rotatable bonds is 0. The maximum atomic E-state index is 8.00. The van der Waals surface area contributed by atoms with Crippen LogP contribution in [0.3, 0.4) is 0 Å². The van der Waals surface area contributed by atoms with Crippen LogP contribution < -0.4 is 0 Å². The number of hydrogen-bond donors (Lipinski definition) is 0. The second-order valence-corrected chi connectivity index (χ2v) is 0.